The summed E-state index contributed by atoms with van der Waals surface area (Å²) in [7, 11) is 1.80. The maximum absolute atomic E-state index is 10.3. The molecule has 0 radical (unpaired) electrons. The summed E-state index contributed by atoms with van der Waals surface area (Å²) in [6, 6.07) is 0. The third-order valence-electron chi connectivity index (χ3n) is 1.88. The maximum atomic E-state index is 10.3. The van der Waals surface area contributed by atoms with Crippen molar-refractivity contribution in [3.63, 3.8) is 0 Å². The van der Waals surface area contributed by atoms with E-state index in [0.29, 0.717) is 17.5 Å². The van der Waals surface area contributed by atoms with E-state index in [4.69, 9.17) is 9.63 Å². The number of carboxylic acids is 1. The van der Waals surface area contributed by atoms with Crippen LogP contribution in [0.3, 0.4) is 0 Å². The average molecular weight is 254 g/mol. The van der Waals surface area contributed by atoms with Crippen molar-refractivity contribution in [3.05, 3.63) is 18.3 Å². The predicted molar refractivity (Wildman–Crippen MR) is 60.3 cm³/mol. The second kappa shape index (κ2) is 5.00. The highest BCUT2D eigenvalue weighted by molar-refractivity contribution is 7.99. The summed E-state index contributed by atoms with van der Waals surface area (Å²) in [6.07, 6.45) is 3.41. The number of carboxylic acid groups (broad SMARTS) is 1. The molecule has 0 bridgehead atoms. The van der Waals surface area contributed by atoms with E-state index in [9.17, 15) is 4.79 Å². The van der Waals surface area contributed by atoms with Crippen LogP contribution in [0.1, 0.15) is 5.89 Å². The third kappa shape index (κ3) is 3.06. The Bertz CT molecular complexity index is 522. The first-order chi connectivity index (χ1) is 8.15. The highest BCUT2D eigenvalue weighted by Crippen LogP contribution is 2.16. The Morgan fingerprint density at radius 1 is 1.65 bits per heavy atom. The van der Waals surface area contributed by atoms with Crippen molar-refractivity contribution in [2.24, 2.45) is 7.05 Å². The number of aromatic nitrogens is 4. The van der Waals surface area contributed by atoms with Crippen molar-refractivity contribution >= 4 is 17.7 Å². The van der Waals surface area contributed by atoms with E-state index in [0.717, 1.165) is 5.56 Å². The fourth-order valence-electron chi connectivity index (χ4n) is 1.19. The van der Waals surface area contributed by atoms with Crippen LogP contribution in [-0.2, 0) is 17.6 Å². The topological polar surface area (TPSA) is 94.0 Å². The normalized spacial score (nSPS) is 10.6. The molecule has 2 rings (SSSR count). The van der Waals surface area contributed by atoms with Crippen molar-refractivity contribution in [1.29, 1.82) is 0 Å². The molecule has 7 nitrogen and oxygen atoms in total. The number of aliphatic carboxylic acids is 1. The van der Waals surface area contributed by atoms with Crippen LogP contribution >= 0.6 is 11.8 Å². The fourth-order valence-corrected chi connectivity index (χ4v) is 1.76. The Kier molecular flexibility index (Phi) is 3.43. The van der Waals surface area contributed by atoms with Crippen molar-refractivity contribution < 1.29 is 14.4 Å². The SMILES string of the molecule is Cn1cc(-c2noc(CSCC(=O)O)n2)cn1. The summed E-state index contributed by atoms with van der Waals surface area (Å²) in [5.41, 5.74) is 0.769. The molecule has 90 valence electrons. The Balaban J connectivity index is 1.98. The summed E-state index contributed by atoms with van der Waals surface area (Å²) in [6.45, 7) is 0. The molecule has 0 aromatic carbocycles. The number of aryl methyl sites for hydroxylation is 1. The lowest BCUT2D eigenvalue weighted by molar-refractivity contribution is -0.133. The van der Waals surface area contributed by atoms with Crippen LogP contribution in [0.4, 0.5) is 0 Å². The van der Waals surface area contributed by atoms with Crippen LogP contribution < -0.4 is 0 Å². The monoisotopic (exact) mass is 254 g/mol. The number of hydrogen-bond donors (Lipinski definition) is 1. The summed E-state index contributed by atoms with van der Waals surface area (Å²) >= 11 is 1.21. The van der Waals surface area contributed by atoms with Crippen LogP contribution in [-0.4, -0.2) is 36.7 Å². The van der Waals surface area contributed by atoms with E-state index in [2.05, 4.69) is 15.2 Å². The number of thioether (sulfide) groups is 1. The van der Waals surface area contributed by atoms with Gasteiger partial charge in [-0.3, -0.25) is 9.48 Å². The van der Waals surface area contributed by atoms with E-state index < -0.39 is 5.97 Å². The van der Waals surface area contributed by atoms with Gasteiger partial charge in [-0.25, -0.2) is 0 Å². The highest BCUT2D eigenvalue weighted by Gasteiger charge is 2.10. The zero-order valence-corrected chi connectivity index (χ0v) is 9.85. The fraction of sp³-hybridized carbons (Fsp3) is 0.333. The van der Waals surface area contributed by atoms with E-state index in [1.54, 1.807) is 24.1 Å². The lowest BCUT2D eigenvalue weighted by Crippen LogP contribution is -1.98. The number of hydrogen-bond acceptors (Lipinski definition) is 6. The molecule has 0 unspecified atom stereocenters. The first-order valence-corrected chi connectivity index (χ1v) is 5.92. The van der Waals surface area contributed by atoms with Crippen LogP contribution in [0.5, 0.6) is 0 Å². The third-order valence-corrected chi connectivity index (χ3v) is 2.78. The van der Waals surface area contributed by atoms with Crippen LogP contribution in [0, 0.1) is 0 Å². The largest absolute Gasteiger partial charge is 0.481 e. The second-order valence-corrected chi connectivity index (χ2v) is 4.29. The molecule has 0 saturated carbocycles. The van der Waals surface area contributed by atoms with Gasteiger partial charge >= 0.3 is 5.97 Å². The van der Waals surface area contributed by atoms with Gasteiger partial charge in [0.05, 0.1) is 23.3 Å². The molecule has 0 aliphatic carbocycles. The van der Waals surface area contributed by atoms with Crippen LogP contribution in [0.25, 0.3) is 11.4 Å². The predicted octanol–water partition coefficient (Wildman–Crippen LogP) is 0.788. The van der Waals surface area contributed by atoms with Gasteiger partial charge in [0.1, 0.15) is 0 Å². The van der Waals surface area contributed by atoms with Gasteiger partial charge in [-0.15, -0.1) is 11.8 Å². The van der Waals surface area contributed by atoms with Gasteiger partial charge in [-0.05, 0) is 0 Å². The summed E-state index contributed by atoms with van der Waals surface area (Å²) < 4.78 is 6.64. The summed E-state index contributed by atoms with van der Waals surface area (Å²) in [5.74, 6) is 0.422. The molecule has 2 aromatic heterocycles. The molecule has 1 N–H and O–H groups in total. The number of carbonyl (C=O) groups is 1. The lowest BCUT2D eigenvalue weighted by atomic mass is 10.3. The molecule has 2 heterocycles. The zero-order chi connectivity index (χ0) is 12.3. The molecule has 0 fully saturated rings. The van der Waals surface area contributed by atoms with Crippen molar-refractivity contribution in [1.82, 2.24) is 19.9 Å². The lowest BCUT2D eigenvalue weighted by Gasteiger charge is -1.90. The van der Waals surface area contributed by atoms with Crippen LogP contribution in [0.15, 0.2) is 16.9 Å². The summed E-state index contributed by atoms with van der Waals surface area (Å²) in [5, 5.41) is 16.3. The number of rotatable bonds is 5. The van der Waals surface area contributed by atoms with Crippen molar-refractivity contribution in [3.8, 4) is 11.4 Å². The van der Waals surface area contributed by atoms with Crippen LogP contribution in [0.2, 0.25) is 0 Å². The molecular weight excluding hydrogens is 244 g/mol. The Hall–Kier alpha value is -1.83. The van der Waals surface area contributed by atoms with Gasteiger partial charge in [-0.1, -0.05) is 5.16 Å². The molecule has 0 aliphatic rings. The zero-order valence-electron chi connectivity index (χ0n) is 9.03. The van der Waals surface area contributed by atoms with Gasteiger partial charge in [0, 0.05) is 13.2 Å². The van der Waals surface area contributed by atoms with Crippen molar-refractivity contribution in [2.75, 3.05) is 5.75 Å². The van der Waals surface area contributed by atoms with E-state index in [-0.39, 0.29) is 5.75 Å². The summed E-state index contributed by atoms with van der Waals surface area (Å²) in [4.78, 5) is 14.5. The Morgan fingerprint density at radius 2 is 2.47 bits per heavy atom. The molecule has 2 aromatic rings. The minimum atomic E-state index is -0.859. The van der Waals surface area contributed by atoms with Gasteiger partial charge in [0.15, 0.2) is 0 Å². The highest BCUT2D eigenvalue weighted by atomic mass is 32.2. The van der Waals surface area contributed by atoms with Gasteiger partial charge < -0.3 is 9.63 Å². The van der Waals surface area contributed by atoms with Gasteiger partial charge in [-0.2, -0.15) is 10.1 Å². The minimum absolute atomic E-state index is 0.0185. The smallest absolute Gasteiger partial charge is 0.313 e. The molecule has 0 amide bonds. The molecule has 0 saturated heterocycles. The quantitative estimate of drug-likeness (QED) is 0.842. The van der Waals surface area contributed by atoms with Crippen molar-refractivity contribution in [2.45, 2.75) is 5.75 Å². The second-order valence-electron chi connectivity index (χ2n) is 3.30. The van der Waals surface area contributed by atoms with E-state index >= 15 is 0 Å². The number of nitrogens with zero attached hydrogens (tertiary/aromatic N) is 4. The maximum Gasteiger partial charge on any atom is 0.313 e. The van der Waals surface area contributed by atoms with E-state index in [1.165, 1.54) is 11.8 Å². The molecule has 17 heavy (non-hydrogen) atoms. The van der Waals surface area contributed by atoms with Gasteiger partial charge in [0.2, 0.25) is 11.7 Å². The molecule has 0 atom stereocenters. The molecule has 0 aliphatic heterocycles. The molecule has 8 heteroatoms. The average Bonchev–Trinajstić information content (AvgIpc) is 2.86. The molecule has 0 spiro atoms. The Morgan fingerprint density at radius 3 is 3.12 bits per heavy atom. The minimum Gasteiger partial charge on any atom is -0.481 e. The molecular formula is C9H10N4O3S. The Labute approximate surface area is 101 Å². The standard InChI is InChI=1S/C9H10N4O3S/c1-13-3-6(2-10-13)9-11-7(16-12-9)4-17-5-8(14)15/h2-3H,4-5H2,1H3,(H,14,15). The van der Waals surface area contributed by atoms with Gasteiger partial charge in [0.25, 0.3) is 0 Å². The first kappa shape index (κ1) is 11.6. The first-order valence-electron chi connectivity index (χ1n) is 4.76. The van der Waals surface area contributed by atoms with E-state index in [1.807, 2.05) is 0 Å².